The lowest BCUT2D eigenvalue weighted by Crippen LogP contribution is -2.50. The number of hydrogen-bond donors (Lipinski definition) is 0. The molecule has 0 bridgehead atoms. The summed E-state index contributed by atoms with van der Waals surface area (Å²) in [5.41, 5.74) is 2.41. The molecule has 7 heteroatoms. The predicted molar refractivity (Wildman–Crippen MR) is 158 cm³/mol. The minimum atomic E-state index is -3.69. The summed E-state index contributed by atoms with van der Waals surface area (Å²) in [5.74, 6) is 2.26. The maximum Gasteiger partial charge on any atom is 0.461 e. The van der Waals surface area contributed by atoms with Gasteiger partial charge in [-0.2, -0.15) is 4.67 Å². The molecule has 208 valence electrons. The third kappa shape index (κ3) is 6.59. The molecule has 1 heterocycles. The quantitative estimate of drug-likeness (QED) is 0.177. The van der Waals surface area contributed by atoms with Crippen LogP contribution in [-0.4, -0.2) is 38.1 Å². The van der Waals surface area contributed by atoms with Crippen molar-refractivity contribution in [2.45, 2.75) is 24.8 Å². The zero-order valence-electron chi connectivity index (χ0n) is 23.0. The van der Waals surface area contributed by atoms with Crippen LogP contribution < -0.4 is 14.0 Å². The number of nitrogens with zero attached hydrogens (tertiary/aromatic N) is 1. The number of rotatable bonds is 11. The van der Waals surface area contributed by atoms with Gasteiger partial charge in [-0.3, -0.25) is 4.52 Å². The van der Waals surface area contributed by atoms with Crippen molar-refractivity contribution in [1.29, 1.82) is 0 Å². The molecule has 4 aromatic carbocycles. The Kier molecular flexibility index (Phi) is 9.22. The van der Waals surface area contributed by atoms with Crippen molar-refractivity contribution in [3.05, 3.63) is 126 Å². The van der Waals surface area contributed by atoms with Gasteiger partial charge in [-0.25, -0.2) is 4.57 Å². The van der Waals surface area contributed by atoms with Gasteiger partial charge >= 0.3 is 7.75 Å². The van der Waals surface area contributed by atoms with E-state index >= 15 is 0 Å². The average Bonchev–Trinajstić information content (AvgIpc) is 3.02. The summed E-state index contributed by atoms with van der Waals surface area (Å²) in [7, 11) is -0.574. The molecule has 0 saturated carbocycles. The molecular formula is C33H36NO5P. The van der Waals surface area contributed by atoms with E-state index in [4.69, 9.17) is 18.5 Å². The van der Waals surface area contributed by atoms with E-state index in [0.29, 0.717) is 25.3 Å². The second-order valence-electron chi connectivity index (χ2n) is 9.93. The molecule has 40 heavy (non-hydrogen) atoms. The first-order valence-corrected chi connectivity index (χ1v) is 15.1. The summed E-state index contributed by atoms with van der Waals surface area (Å²) in [6.45, 7) is 1.00. The molecule has 0 aliphatic carbocycles. The van der Waals surface area contributed by atoms with Crippen LogP contribution >= 0.6 is 7.75 Å². The summed E-state index contributed by atoms with van der Waals surface area (Å²) in [5, 5.41) is 0. The summed E-state index contributed by atoms with van der Waals surface area (Å²) >= 11 is 0. The molecular weight excluding hydrogens is 521 g/mol. The highest BCUT2D eigenvalue weighted by Crippen LogP contribution is 2.57. The Balaban J connectivity index is 1.52. The molecule has 1 aliphatic heterocycles. The van der Waals surface area contributed by atoms with Crippen LogP contribution in [0.25, 0.3) is 0 Å². The van der Waals surface area contributed by atoms with Gasteiger partial charge in [-0.1, -0.05) is 78.9 Å². The van der Waals surface area contributed by atoms with Crippen molar-refractivity contribution < 1.29 is 23.1 Å². The van der Waals surface area contributed by atoms with Gasteiger partial charge < -0.3 is 14.0 Å². The zero-order chi connectivity index (χ0) is 27.8. The van der Waals surface area contributed by atoms with E-state index in [-0.39, 0.29) is 17.9 Å². The zero-order valence-corrected chi connectivity index (χ0v) is 23.9. The molecule has 0 spiro atoms. The molecule has 0 radical (unpaired) electrons. The van der Waals surface area contributed by atoms with E-state index in [1.54, 1.807) is 19.2 Å². The SMILES string of the molecule is COc1ccc(OCC2C(c3ccccc3)CCN(P(=O)(OC)Oc3ccccc3)C2Cc2ccccc2)cc1. The fourth-order valence-electron chi connectivity index (χ4n) is 5.57. The smallest absolute Gasteiger partial charge is 0.461 e. The van der Waals surface area contributed by atoms with E-state index in [2.05, 4.69) is 36.4 Å². The summed E-state index contributed by atoms with van der Waals surface area (Å²) in [6, 6.07) is 37.6. The monoisotopic (exact) mass is 557 g/mol. The minimum Gasteiger partial charge on any atom is -0.497 e. The van der Waals surface area contributed by atoms with Gasteiger partial charge in [0.25, 0.3) is 0 Å². The lowest BCUT2D eigenvalue weighted by atomic mass is 9.75. The van der Waals surface area contributed by atoms with Gasteiger partial charge in [0.1, 0.15) is 17.2 Å². The molecule has 0 N–H and O–H groups in total. The van der Waals surface area contributed by atoms with Crippen LogP contribution in [0.5, 0.6) is 17.2 Å². The van der Waals surface area contributed by atoms with E-state index in [1.807, 2.05) is 71.4 Å². The highest BCUT2D eigenvalue weighted by Gasteiger charge is 2.48. The lowest BCUT2D eigenvalue weighted by molar-refractivity contribution is 0.0775. The number of ether oxygens (including phenoxy) is 2. The third-order valence-corrected chi connectivity index (χ3v) is 9.62. The van der Waals surface area contributed by atoms with Crippen LogP contribution in [0.1, 0.15) is 23.5 Å². The van der Waals surface area contributed by atoms with Crippen LogP contribution in [0.3, 0.4) is 0 Å². The van der Waals surface area contributed by atoms with Crippen LogP contribution in [0.4, 0.5) is 0 Å². The Labute approximate surface area is 237 Å². The topological polar surface area (TPSA) is 57.2 Å². The van der Waals surface area contributed by atoms with Gasteiger partial charge in [0.15, 0.2) is 0 Å². The van der Waals surface area contributed by atoms with Crippen LogP contribution in [0.2, 0.25) is 0 Å². The molecule has 0 amide bonds. The molecule has 4 atom stereocenters. The Morgan fingerprint density at radius 1 is 0.750 bits per heavy atom. The van der Waals surface area contributed by atoms with Crippen molar-refractivity contribution in [3.8, 4) is 17.2 Å². The first kappa shape index (κ1) is 28.0. The van der Waals surface area contributed by atoms with E-state index in [9.17, 15) is 4.57 Å². The second kappa shape index (κ2) is 13.2. The second-order valence-corrected chi connectivity index (χ2v) is 11.9. The molecule has 1 aliphatic rings. The van der Waals surface area contributed by atoms with Gasteiger partial charge in [0, 0.05) is 25.6 Å². The summed E-state index contributed by atoms with van der Waals surface area (Å²) in [4.78, 5) is 0. The largest absolute Gasteiger partial charge is 0.497 e. The first-order chi connectivity index (χ1) is 19.6. The average molecular weight is 558 g/mol. The van der Waals surface area contributed by atoms with Crippen molar-refractivity contribution >= 4 is 7.75 Å². The Hall–Kier alpha value is -3.57. The van der Waals surface area contributed by atoms with E-state index in [0.717, 1.165) is 23.5 Å². The molecule has 5 rings (SSSR count). The maximum absolute atomic E-state index is 14.5. The standard InChI is InChI=1S/C33H36NO5P/c1-36-28-18-20-29(21-19-28)38-25-32-31(27-14-8-4-9-15-27)22-23-34(33(32)24-26-12-6-3-7-13-26)40(35,37-2)39-30-16-10-5-11-17-30/h3-21,31-33H,22-25H2,1-2H3. The number of para-hydroxylation sites is 1. The molecule has 1 fully saturated rings. The van der Waals surface area contributed by atoms with Gasteiger partial charge in [0.05, 0.1) is 13.7 Å². The maximum atomic E-state index is 14.5. The van der Waals surface area contributed by atoms with Crippen molar-refractivity contribution in [3.63, 3.8) is 0 Å². The van der Waals surface area contributed by atoms with Gasteiger partial charge in [0.2, 0.25) is 0 Å². The molecule has 1 saturated heterocycles. The predicted octanol–water partition coefficient (Wildman–Crippen LogP) is 7.62. The fourth-order valence-corrected chi connectivity index (χ4v) is 7.33. The highest BCUT2D eigenvalue weighted by molar-refractivity contribution is 7.51. The number of methoxy groups -OCH3 is 1. The van der Waals surface area contributed by atoms with Crippen LogP contribution in [0, 0.1) is 5.92 Å². The minimum absolute atomic E-state index is 0.00121. The van der Waals surface area contributed by atoms with Crippen molar-refractivity contribution in [2.75, 3.05) is 27.4 Å². The van der Waals surface area contributed by atoms with Gasteiger partial charge in [-0.15, -0.1) is 0 Å². The normalized spacial score (nSPS) is 20.8. The van der Waals surface area contributed by atoms with Gasteiger partial charge in [-0.05, 0) is 66.3 Å². The molecule has 4 unspecified atom stereocenters. The first-order valence-electron chi connectivity index (χ1n) is 13.6. The molecule has 0 aromatic heterocycles. The molecule has 6 nitrogen and oxygen atoms in total. The number of hydrogen-bond acceptors (Lipinski definition) is 5. The Morgan fingerprint density at radius 2 is 1.35 bits per heavy atom. The lowest BCUT2D eigenvalue weighted by Gasteiger charge is -2.46. The Bertz CT molecular complexity index is 1370. The summed E-state index contributed by atoms with van der Waals surface area (Å²) < 4.78 is 40.0. The van der Waals surface area contributed by atoms with Crippen LogP contribution in [-0.2, 0) is 15.5 Å². The summed E-state index contributed by atoms with van der Waals surface area (Å²) in [6.07, 6.45) is 1.46. The van der Waals surface area contributed by atoms with Crippen molar-refractivity contribution in [2.24, 2.45) is 5.92 Å². The van der Waals surface area contributed by atoms with Crippen LogP contribution in [0.15, 0.2) is 115 Å². The third-order valence-electron chi connectivity index (χ3n) is 7.59. The molecule has 4 aromatic rings. The number of piperidine rings is 1. The van der Waals surface area contributed by atoms with E-state index < -0.39 is 7.75 Å². The number of benzene rings is 4. The highest BCUT2D eigenvalue weighted by atomic mass is 31.2. The Morgan fingerprint density at radius 3 is 1.98 bits per heavy atom. The van der Waals surface area contributed by atoms with Crippen molar-refractivity contribution in [1.82, 2.24) is 4.67 Å². The fraction of sp³-hybridized carbons (Fsp3) is 0.273. The van der Waals surface area contributed by atoms with E-state index in [1.165, 1.54) is 12.7 Å².